The lowest BCUT2D eigenvalue weighted by Crippen LogP contribution is -2.01. The van der Waals surface area contributed by atoms with Gasteiger partial charge in [0.1, 0.15) is 0 Å². The van der Waals surface area contributed by atoms with Crippen LogP contribution in [0.2, 0.25) is 0 Å². The fourth-order valence-electron chi connectivity index (χ4n) is 1.93. The third-order valence-corrected chi connectivity index (χ3v) is 2.84. The van der Waals surface area contributed by atoms with Gasteiger partial charge in [0.2, 0.25) is 0 Å². The van der Waals surface area contributed by atoms with Gasteiger partial charge in [-0.1, -0.05) is 26.0 Å². The van der Waals surface area contributed by atoms with E-state index < -0.39 is 0 Å². The molecule has 0 unspecified atom stereocenters. The first-order valence-electron chi connectivity index (χ1n) is 5.81. The first-order chi connectivity index (χ1) is 8.58. The lowest BCUT2D eigenvalue weighted by molar-refractivity contribution is -0.385. The molecule has 0 aliphatic rings. The maximum atomic E-state index is 11.1. The van der Waals surface area contributed by atoms with E-state index in [4.69, 9.17) is 0 Å². The van der Waals surface area contributed by atoms with Crippen molar-refractivity contribution in [2.45, 2.75) is 26.3 Å². The summed E-state index contributed by atoms with van der Waals surface area (Å²) in [6, 6.07) is 5.42. The molecule has 0 N–H and O–H groups in total. The Labute approximate surface area is 105 Å². The van der Waals surface area contributed by atoms with Gasteiger partial charge in [-0.2, -0.15) is 0 Å². The number of nitrogens with zero attached hydrogens (tertiary/aromatic N) is 3. The third kappa shape index (κ3) is 2.56. The van der Waals surface area contributed by atoms with Crippen molar-refractivity contribution in [2.75, 3.05) is 0 Å². The lowest BCUT2D eigenvalue weighted by Gasteiger charge is -2.09. The number of benzene rings is 1. The van der Waals surface area contributed by atoms with E-state index in [0.717, 1.165) is 11.1 Å². The zero-order valence-electron chi connectivity index (χ0n) is 10.4. The van der Waals surface area contributed by atoms with Crippen LogP contribution in [0.5, 0.6) is 0 Å². The molecular weight excluding hydrogens is 230 g/mol. The molecule has 0 saturated heterocycles. The molecule has 0 fully saturated rings. The maximum absolute atomic E-state index is 11.1. The summed E-state index contributed by atoms with van der Waals surface area (Å²) < 4.78 is 1.88. The number of rotatable bonds is 4. The smallest absolute Gasteiger partial charge is 0.273 e. The summed E-state index contributed by atoms with van der Waals surface area (Å²) >= 11 is 0. The molecule has 1 heterocycles. The summed E-state index contributed by atoms with van der Waals surface area (Å²) in [5.41, 5.74) is 1.88. The molecule has 0 bridgehead atoms. The number of hydrogen-bond acceptors (Lipinski definition) is 3. The average Bonchev–Trinajstić information content (AvgIpc) is 2.81. The third-order valence-electron chi connectivity index (χ3n) is 2.84. The highest BCUT2D eigenvalue weighted by Crippen LogP contribution is 2.27. The number of hydrogen-bond donors (Lipinski definition) is 0. The van der Waals surface area contributed by atoms with E-state index >= 15 is 0 Å². The van der Waals surface area contributed by atoms with Crippen LogP contribution in [0.1, 0.15) is 30.9 Å². The maximum Gasteiger partial charge on any atom is 0.273 e. The molecule has 18 heavy (non-hydrogen) atoms. The van der Waals surface area contributed by atoms with Gasteiger partial charge in [-0.05, 0) is 11.5 Å². The normalized spacial score (nSPS) is 10.8. The first-order valence-corrected chi connectivity index (χ1v) is 5.81. The van der Waals surface area contributed by atoms with Crippen molar-refractivity contribution in [2.24, 2.45) is 0 Å². The zero-order valence-corrected chi connectivity index (χ0v) is 10.4. The number of nitro benzene ring substituents is 1. The Morgan fingerprint density at radius 1 is 1.44 bits per heavy atom. The molecule has 0 amide bonds. The predicted octanol–water partition coefficient (Wildman–Crippen LogP) is 2.96. The van der Waals surface area contributed by atoms with Crippen LogP contribution in [0, 0.1) is 10.1 Å². The fraction of sp³-hybridized carbons (Fsp3) is 0.308. The fourth-order valence-corrected chi connectivity index (χ4v) is 1.93. The van der Waals surface area contributed by atoms with Crippen molar-refractivity contribution < 1.29 is 4.92 Å². The Balaban J connectivity index is 2.34. The van der Waals surface area contributed by atoms with Crippen molar-refractivity contribution in [3.63, 3.8) is 0 Å². The van der Waals surface area contributed by atoms with Gasteiger partial charge in [0.25, 0.3) is 5.69 Å². The van der Waals surface area contributed by atoms with Crippen LogP contribution in [0.3, 0.4) is 0 Å². The number of imidazole rings is 1. The second kappa shape index (κ2) is 5.00. The van der Waals surface area contributed by atoms with Crippen molar-refractivity contribution in [1.82, 2.24) is 9.55 Å². The predicted molar refractivity (Wildman–Crippen MR) is 68.5 cm³/mol. The van der Waals surface area contributed by atoms with E-state index in [-0.39, 0.29) is 16.5 Å². The molecule has 0 saturated carbocycles. The molecule has 94 valence electrons. The molecule has 0 aliphatic carbocycles. The Morgan fingerprint density at radius 2 is 2.22 bits per heavy atom. The first kappa shape index (κ1) is 12.3. The van der Waals surface area contributed by atoms with Crippen molar-refractivity contribution in [3.8, 4) is 0 Å². The molecule has 0 radical (unpaired) electrons. The highest BCUT2D eigenvalue weighted by molar-refractivity contribution is 5.45. The van der Waals surface area contributed by atoms with E-state index in [1.165, 1.54) is 0 Å². The SMILES string of the molecule is CC(C)c1ccc(Cn2ccnc2)cc1[N+](=O)[O-]. The van der Waals surface area contributed by atoms with E-state index in [1.54, 1.807) is 18.6 Å². The molecule has 0 spiro atoms. The highest BCUT2D eigenvalue weighted by Gasteiger charge is 2.16. The zero-order chi connectivity index (χ0) is 13.1. The largest absolute Gasteiger partial charge is 0.333 e. The molecule has 2 aromatic rings. The van der Waals surface area contributed by atoms with Crippen molar-refractivity contribution >= 4 is 5.69 Å². The Kier molecular flexibility index (Phi) is 3.41. The van der Waals surface area contributed by atoms with Crippen LogP contribution < -0.4 is 0 Å². The minimum Gasteiger partial charge on any atom is -0.333 e. The van der Waals surface area contributed by atoms with Gasteiger partial charge in [0.15, 0.2) is 0 Å². The van der Waals surface area contributed by atoms with E-state index in [2.05, 4.69) is 4.98 Å². The number of aromatic nitrogens is 2. The van der Waals surface area contributed by atoms with Crippen LogP contribution >= 0.6 is 0 Å². The lowest BCUT2D eigenvalue weighted by atomic mass is 9.99. The Morgan fingerprint density at radius 3 is 2.78 bits per heavy atom. The standard InChI is InChI=1S/C13H15N3O2/c1-10(2)12-4-3-11(7-13(12)16(17)18)8-15-6-5-14-9-15/h3-7,9-10H,8H2,1-2H3. The van der Waals surface area contributed by atoms with Gasteiger partial charge < -0.3 is 4.57 Å². The van der Waals surface area contributed by atoms with Crippen molar-refractivity contribution in [3.05, 3.63) is 58.2 Å². The second-order valence-corrected chi connectivity index (χ2v) is 4.54. The minimum absolute atomic E-state index is 0.146. The van der Waals surface area contributed by atoms with Crippen molar-refractivity contribution in [1.29, 1.82) is 0 Å². The van der Waals surface area contributed by atoms with Crippen LogP contribution in [-0.2, 0) is 6.54 Å². The monoisotopic (exact) mass is 245 g/mol. The molecule has 5 heteroatoms. The van der Waals surface area contributed by atoms with Crippen LogP contribution in [-0.4, -0.2) is 14.5 Å². The molecule has 5 nitrogen and oxygen atoms in total. The molecule has 0 atom stereocenters. The van der Waals surface area contributed by atoms with Crippen LogP contribution in [0.15, 0.2) is 36.9 Å². The van der Waals surface area contributed by atoms with E-state index in [1.807, 2.05) is 36.7 Å². The molecular formula is C13H15N3O2. The Hall–Kier alpha value is -2.17. The summed E-state index contributed by atoms with van der Waals surface area (Å²) in [4.78, 5) is 14.7. The van der Waals surface area contributed by atoms with E-state index in [0.29, 0.717) is 6.54 Å². The molecule has 0 aliphatic heterocycles. The molecule has 1 aromatic heterocycles. The summed E-state index contributed by atoms with van der Waals surface area (Å²) in [5, 5.41) is 11.1. The summed E-state index contributed by atoms with van der Waals surface area (Å²) in [6.07, 6.45) is 5.22. The summed E-state index contributed by atoms with van der Waals surface area (Å²) in [5.74, 6) is 0.146. The summed E-state index contributed by atoms with van der Waals surface area (Å²) in [6.45, 7) is 4.51. The van der Waals surface area contributed by atoms with Gasteiger partial charge in [-0.3, -0.25) is 10.1 Å². The van der Waals surface area contributed by atoms with Crippen LogP contribution in [0.4, 0.5) is 5.69 Å². The average molecular weight is 245 g/mol. The van der Waals surface area contributed by atoms with Gasteiger partial charge in [-0.15, -0.1) is 0 Å². The molecule has 1 aromatic carbocycles. The highest BCUT2D eigenvalue weighted by atomic mass is 16.6. The van der Waals surface area contributed by atoms with Gasteiger partial charge in [-0.25, -0.2) is 4.98 Å². The van der Waals surface area contributed by atoms with E-state index in [9.17, 15) is 10.1 Å². The number of nitro groups is 1. The topological polar surface area (TPSA) is 61.0 Å². The Bertz CT molecular complexity index is 547. The second-order valence-electron chi connectivity index (χ2n) is 4.54. The van der Waals surface area contributed by atoms with Crippen LogP contribution in [0.25, 0.3) is 0 Å². The van der Waals surface area contributed by atoms with Gasteiger partial charge in [0, 0.05) is 30.6 Å². The van der Waals surface area contributed by atoms with Gasteiger partial charge >= 0.3 is 0 Å². The quantitative estimate of drug-likeness (QED) is 0.614. The minimum atomic E-state index is -0.313. The molecule has 2 rings (SSSR count). The summed E-state index contributed by atoms with van der Waals surface area (Å²) in [7, 11) is 0. The van der Waals surface area contributed by atoms with Gasteiger partial charge in [0.05, 0.1) is 11.3 Å².